The fraction of sp³-hybridized carbons (Fsp3) is 0.733. The van der Waals surface area contributed by atoms with Crippen molar-refractivity contribution in [2.75, 3.05) is 26.3 Å². The molecule has 1 spiro atoms. The Kier molecular flexibility index (Phi) is 4.43. The Morgan fingerprint density at radius 1 is 1.45 bits per heavy atom. The highest BCUT2D eigenvalue weighted by atomic mass is 35.5. The summed E-state index contributed by atoms with van der Waals surface area (Å²) >= 11 is 5.96. The van der Waals surface area contributed by atoms with Gasteiger partial charge in [0.25, 0.3) is 0 Å². The third-order valence-corrected chi connectivity index (χ3v) is 4.73. The molecule has 1 atom stereocenters. The van der Waals surface area contributed by atoms with Gasteiger partial charge in [-0.2, -0.15) is 0 Å². The number of aromatic nitrogens is 1. The lowest BCUT2D eigenvalue weighted by Gasteiger charge is -2.47. The van der Waals surface area contributed by atoms with Gasteiger partial charge in [-0.05, 0) is 25.4 Å². The highest BCUT2D eigenvalue weighted by molar-refractivity contribution is 6.29. The van der Waals surface area contributed by atoms with Crippen LogP contribution in [-0.2, 0) is 20.7 Å². The lowest BCUT2D eigenvalue weighted by molar-refractivity contribution is -0.189. The first-order chi connectivity index (χ1) is 10.5. The number of carbonyl (C=O) groups is 1. The molecule has 0 saturated carbocycles. The molecule has 7 heteroatoms. The fourth-order valence-corrected chi connectivity index (χ4v) is 3.49. The summed E-state index contributed by atoms with van der Waals surface area (Å²) in [4.78, 5) is 14.5. The van der Waals surface area contributed by atoms with E-state index in [0.717, 1.165) is 12.8 Å². The second-order valence-electron chi connectivity index (χ2n) is 6.20. The average Bonchev–Trinajstić information content (AvgIpc) is 2.79. The van der Waals surface area contributed by atoms with Crippen molar-refractivity contribution >= 4 is 17.5 Å². The quantitative estimate of drug-likeness (QED) is 0.830. The zero-order chi connectivity index (χ0) is 15.7. The maximum Gasteiger partial charge on any atom is 0.229 e. The van der Waals surface area contributed by atoms with Gasteiger partial charge in [-0.25, -0.2) is 0 Å². The van der Waals surface area contributed by atoms with E-state index < -0.39 is 0 Å². The van der Waals surface area contributed by atoms with Crippen molar-refractivity contribution in [2.45, 2.75) is 44.8 Å². The van der Waals surface area contributed by atoms with E-state index >= 15 is 0 Å². The van der Waals surface area contributed by atoms with Crippen LogP contribution in [0.1, 0.15) is 31.0 Å². The first kappa shape index (κ1) is 15.8. The van der Waals surface area contributed by atoms with Crippen molar-refractivity contribution in [2.24, 2.45) is 0 Å². The van der Waals surface area contributed by atoms with Crippen molar-refractivity contribution in [1.29, 1.82) is 0 Å². The maximum atomic E-state index is 12.7. The van der Waals surface area contributed by atoms with Crippen molar-refractivity contribution in [1.82, 2.24) is 10.1 Å². The van der Waals surface area contributed by atoms with E-state index in [-0.39, 0.29) is 29.3 Å². The molecule has 0 aliphatic carbocycles. The predicted octanol–water partition coefficient (Wildman–Crippen LogP) is 1.98. The molecule has 0 bridgehead atoms. The van der Waals surface area contributed by atoms with Crippen LogP contribution in [-0.4, -0.2) is 54.0 Å². The van der Waals surface area contributed by atoms with E-state index in [0.29, 0.717) is 37.6 Å². The Labute approximate surface area is 134 Å². The minimum atomic E-state index is -0.265. The maximum absolute atomic E-state index is 12.7. The van der Waals surface area contributed by atoms with E-state index in [4.69, 9.17) is 25.6 Å². The Hall–Kier alpha value is -1.11. The number of rotatable bonds is 2. The smallest absolute Gasteiger partial charge is 0.229 e. The van der Waals surface area contributed by atoms with Crippen LogP contribution in [0.3, 0.4) is 0 Å². The van der Waals surface area contributed by atoms with Crippen molar-refractivity contribution in [3.05, 3.63) is 16.5 Å². The van der Waals surface area contributed by atoms with Gasteiger partial charge in [0.05, 0.1) is 23.8 Å². The first-order valence-electron chi connectivity index (χ1n) is 7.63. The normalized spacial score (nSPS) is 24.7. The molecule has 6 nitrogen and oxygen atoms in total. The monoisotopic (exact) mass is 328 g/mol. The standard InChI is InChI=1S/C15H21ClN2O4/c1-10-8-18(9-15(21-10)3-5-20-6-4-15)13(19)7-12-11(2)17-22-14(12)16/h10H,3-9H2,1-2H3. The fourth-order valence-electron chi connectivity index (χ4n) is 3.25. The lowest BCUT2D eigenvalue weighted by Crippen LogP contribution is -2.58. The molecule has 2 saturated heterocycles. The van der Waals surface area contributed by atoms with Gasteiger partial charge in [-0.15, -0.1) is 0 Å². The summed E-state index contributed by atoms with van der Waals surface area (Å²) in [6, 6.07) is 0. The number of morpholine rings is 1. The molecule has 1 unspecified atom stereocenters. The molecule has 2 aliphatic rings. The third kappa shape index (κ3) is 3.14. The number of nitrogens with zero attached hydrogens (tertiary/aromatic N) is 2. The molecule has 3 rings (SSSR count). The number of ether oxygens (including phenoxy) is 2. The van der Waals surface area contributed by atoms with Crippen LogP contribution in [0.5, 0.6) is 0 Å². The summed E-state index contributed by atoms with van der Waals surface area (Å²) < 4.78 is 16.5. The average molecular weight is 329 g/mol. The number of carbonyl (C=O) groups excluding carboxylic acids is 1. The SMILES string of the molecule is Cc1noc(Cl)c1CC(=O)N1CC(C)OC2(CCOCC2)C1. The minimum Gasteiger partial charge on any atom is -0.381 e. The molecule has 22 heavy (non-hydrogen) atoms. The molecule has 2 aliphatic heterocycles. The molecule has 122 valence electrons. The van der Waals surface area contributed by atoms with Crippen LogP contribution >= 0.6 is 11.6 Å². The van der Waals surface area contributed by atoms with E-state index in [2.05, 4.69) is 5.16 Å². The molecule has 3 heterocycles. The van der Waals surface area contributed by atoms with Crippen LogP contribution in [0.2, 0.25) is 5.22 Å². The third-order valence-electron chi connectivity index (χ3n) is 4.43. The van der Waals surface area contributed by atoms with Crippen molar-refractivity contribution in [3.8, 4) is 0 Å². The van der Waals surface area contributed by atoms with Crippen LogP contribution < -0.4 is 0 Å². The number of amides is 1. The van der Waals surface area contributed by atoms with Gasteiger partial charge in [0.2, 0.25) is 11.1 Å². The topological polar surface area (TPSA) is 64.8 Å². The summed E-state index contributed by atoms with van der Waals surface area (Å²) in [5.74, 6) is 0.0363. The summed E-state index contributed by atoms with van der Waals surface area (Å²) in [5.41, 5.74) is 1.08. The molecule has 0 radical (unpaired) electrons. The molecular weight excluding hydrogens is 308 g/mol. The van der Waals surface area contributed by atoms with Gasteiger partial charge < -0.3 is 18.9 Å². The first-order valence-corrected chi connectivity index (χ1v) is 8.01. The van der Waals surface area contributed by atoms with Gasteiger partial charge in [0, 0.05) is 44.7 Å². The van der Waals surface area contributed by atoms with Gasteiger partial charge in [-0.3, -0.25) is 4.79 Å². The predicted molar refractivity (Wildman–Crippen MR) is 79.9 cm³/mol. The second kappa shape index (κ2) is 6.18. The van der Waals surface area contributed by atoms with Gasteiger partial charge in [0.15, 0.2) is 0 Å². The summed E-state index contributed by atoms with van der Waals surface area (Å²) in [6.07, 6.45) is 1.89. The second-order valence-corrected chi connectivity index (χ2v) is 6.54. The Balaban J connectivity index is 1.71. The Bertz CT molecular complexity index is 534. The van der Waals surface area contributed by atoms with Crippen molar-refractivity contribution in [3.63, 3.8) is 0 Å². The molecule has 0 N–H and O–H groups in total. The van der Waals surface area contributed by atoms with E-state index in [1.807, 2.05) is 11.8 Å². The highest BCUT2D eigenvalue weighted by Crippen LogP contribution is 2.32. The summed E-state index contributed by atoms with van der Waals surface area (Å²) in [5, 5.41) is 4.00. The van der Waals surface area contributed by atoms with Crippen molar-refractivity contribution < 1.29 is 18.8 Å². The van der Waals surface area contributed by atoms with Gasteiger partial charge >= 0.3 is 0 Å². The van der Waals surface area contributed by atoms with E-state index in [9.17, 15) is 4.79 Å². The number of aryl methyl sites for hydroxylation is 1. The van der Waals surface area contributed by atoms with Crippen LogP contribution in [0, 0.1) is 6.92 Å². The molecule has 1 aromatic heterocycles. The highest BCUT2D eigenvalue weighted by Gasteiger charge is 2.42. The Morgan fingerprint density at radius 2 is 2.18 bits per heavy atom. The minimum absolute atomic E-state index is 0.0230. The molecule has 1 aromatic rings. The lowest BCUT2D eigenvalue weighted by atomic mass is 9.91. The Morgan fingerprint density at radius 3 is 2.82 bits per heavy atom. The molecular formula is C15H21ClN2O4. The van der Waals surface area contributed by atoms with Crippen LogP contribution in [0.4, 0.5) is 0 Å². The van der Waals surface area contributed by atoms with Gasteiger partial charge in [0.1, 0.15) is 0 Å². The summed E-state index contributed by atoms with van der Waals surface area (Å²) in [7, 11) is 0. The zero-order valence-electron chi connectivity index (χ0n) is 12.9. The van der Waals surface area contributed by atoms with Crippen LogP contribution in [0.15, 0.2) is 4.52 Å². The van der Waals surface area contributed by atoms with E-state index in [1.165, 1.54) is 0 Å². The van der Waals surface area contributed by atoms with Gasteiger partial charge in [-0.1, -0.05) is 5.16 Å². The van der Waals surface area contributed by atoms with E-state index in [1.54, 1.807) is 6.92 Å². The zero-order valence-corrected chi connectivity index (χ0v) is 13.7. The number of halogens is 1. The largest absolute Gasteiger partial charge is 0.381 e. The molecule has 0 aromatic carbocycles. The summed E-state index contributed by atoms with van der Waals surface area (Å²) in [6.45, 7) is 6.38. The van der Waals surface area contributed by atoms with Crippen LogP contribution in [0.25, 0.3) is 0 Å². The molecule has 2 fully saturated rings. The molecule has 1 amide bonds. The number of hydrogen-bond donors (Lipinski definition) is 0. The number of hydrogen-bond acceptors (Lipinski definition) is 5.